The Kier molecular flexibility index (Phi) is 6.74. The molecule has 0 atom stereocenters. The van der Waals surface area contributed by atoms with Gasteiger partial charge in [-0.1, -0.05) is 19.9 Å². The molecule has 0 saturated carbocycles. The van der Waals surface area contributed by atoms with Crippen molar-refractivity contribution < 1.29 is 9.53 Å². The maximum Gasteiger partial charge on any atom is 0.257 e. The molecule has 4 heterocycles. The summed E-state index contributed by atoms with van der Waals surface area (Å²) in [5, 5.41) is 6.55. The summed E-state index contributed by atoms with van der Waals surface area (Å²) >= 11 is 1.63. The van der Waals surface area contributed by atoms with Crippen molar-refractivity contribution in [2.75, 3.05) is 46.4 Å². The maximum atomic E-state index is 13.3. The first-order valence-electron chi connectivity index (χ1n) is 10.5. The average Bonchev–Trinajstić information content (AvgIpc) is 3.48. The Morgan fingerprint density at radius 2 is 2.03 bits per heavy atom. The van der Waals surface area contributed by atoms with Gasteiger partial charge in [0.1, 0.15) is 0 Å². The number of aromatic nitrogens is 4. The van der Waals surface area contributed by atoms with Crippen LogP contribution >= 0.6 is 11.3 Å². The van der Waals surface area contributed by atoms with Gasteiger partial charge in [0, 0.05) is 46.0 Å². The van der Waals surface area contributed by atoms with Crippen molar-refractivity contribution in [1.82, 2.24) is 29.5 Å². The Balaban J connectivity index is 1.57. The zero-order valence-corrected chi connectivity index (χ0v) is 19.0. The van der Waals surface area contributed by atoms with Crippen LogP contribution < -0.4 is 0 Å². The highest BCUT2D eigenvalue weighted by molar-refractivity contribution is 7.13. The first-order chi connectivity index (χ1) is 15.1. The van der Waals surface area contributed by atoms with Gasteiger partial charge in [-0.3, -0.25) is 9.69 Å². The molecule has 8 nitrogen and oxygen atoms in total. The van der Waals surface area contributed by atoms with E-state index in [0.29, 0.717) is 31.2 Å². The van der Waals surface area contributed by atoms with Gasteiger partial charge in [0.15, 0.2) is 0 Å². The molecule has 1 saturated heterocycles. The van der Waals surface area contributed by atoms with Gasteiger partial charge in [-0.2, -0.15) is 5.10 Å². The standard InChI is InChI=1S/C22H28N6O2S/c1-16(2)20-17(21(29)27-10-8-26(9-11-27)12-13-30-3)15-24-28(20)22-23-7-6-18(25-22)19-5-4-14-31-19/h4-7,14-16H,8-13H2,1-3H3. The summed E-state index contributed by atoms with van der Waals surface area (Å²) in [4.78, 5) is 27.8. The molecule has 9 heteroatoms. The fourth-order valence-corrected chi connectivity index (χ4v) is 4.51. The highest BCUT2D eigenvalue weighted by atomic mass is 32.1. The minimum Gasteiger partial charge on any atom is -0.383 e. The number of ether oxygens (including phenoxy) is 1. The van der Waals surface area contributed by atoms with Crippen molar-refractivity contribution in [2.24, 2.45) is 0 Å². The molecule has 0 spiro atoms. The number of carbonyl (C=O) groups excluding carboxylic acids is 1. The third kappa shape index (κ3) is 4.68. The summed E-state index contributed by atoms with van der Waals surface area (Å²) in [5.41, 5.74) is 2.32. The SMILES string of the molecule is COCCN1CCN(C(=O)c2cnn(-c3nccc(-c4cccs4)n3)c2C(C)C)CC1. The van der Waals surface area contributed by atoms with Crippen LogP contribution in [0.2, 0.25) is 0 Å². The van der Waals surface area contributed by atoms with E-state index in [2.05, 4.69) is 28.8 Å². The lowest BCUT2D eigenvalue weighted by molar-refractivity contribution is 0.0593. The molecule has 0 unspecified atom stereocenters. The predicted molar refractivity (Wildman–Crippen MR) is 121 cm³/mol. The van der Waals surface area contributed by atoms with E-state index in [1.807, 2.05) is 28.5 Å². The Hall–Kier alpha value is -2.62. The largest absolute Gasteiger partial charge is 0.383 e. The lowest BCUT2D eigenvalue weighted by Crippen LogP contribution is -2.49. The number of amides is 1. The number of carbonyl (C=O) groups is 1. The molecule has 3 aromatic rings. The van der Waals surface area contributed by atoms with Crippen molar-refractivity contribution in [1.29, 1.82) is 0 Å². The Bertz CT molecular complexity index is 1010. The van der Waals surface area contributed by atoms with Crippen molar-refractivity contribution >= 4 is 17.2 Å². The second kappa shape index (κ2) is 9.67. The Labute approximate surface area is 186 Å². The fourth-order valence-electron chi connectivity index (χ4n) is 3.81. The number of thiophene rings is 1. The van der Waals surface area contributed by atoms with Crippen LogP contribution in [0.1, 0.15) is 35.8 Å². The third-order valence-corrected chi connectivity index (χ3v) is 6.35. The highest BCUT2D eigenvalue weighted by Gasteiger charge is 2.28. The second-order valence-corrected chi connectivity index (χ2v) is 8.80. The van der Waals surface area contributed by atoms with Crippen molar-refractivity contribution in [3.8, 4) is 16.5 Å². The molecular formula is C22H28N6O2S. The van der Waals surface area contributed by atoms with Gasteiger partial charge in [-0.25, -0.2) is 14.6 Å². The van der Waals surface area contributed by atoms with Crippen LogP contribution in [0.4, 0.5) is 0 Å². The van der Waals surface area contributed by atoms with E-state index in [4.69, 9.17) is 9.72 Å². The minimum atomic E-state index is 0.0238. The predicted octanol–water partition coefficient (Wildman–Crippen LogP) is 2.92. The summed E-state index contributed by atoms with van der Waals surface area (Å²) in [6, 6.07) is 5.93. The third-order valence-electron chi connectivity index (χ3n) is 5.46. The van der Waals surface area contributed by atoms with Crippen molar-refractivity contribution in [3.05, 3.63) is 47.2 Å². The summed E-state index contributed by atoms with van der Waals surface area (Å²) in [6.45, 7) is 8.85. The molecule has 0 bridgehead atoms. The van der Waals surface area contributed by atoms with Crippen LogP contribution in [0.3, 0.4) is 0 Å². The molecule has 1 aliphatic rings. The van der Waals surface area contributed by atoms with E-state index in [9.17, 15) is 4.79 Å². The van der Waals surface area contributed by atoms with Gasteiger partial charge in [0.2, 0.25) is 0 Å². The lowest BCUT2D eigenvalue weighted by Gasteiger charge is -2.34. The Morgan fingerprint density at radius 1 is 1.23 bits per heavy atom. The second-order valence-electron chi connectivity index (χ2n) is 7.86. The van der Waals surface area contributed by atoms with Crippen LogP contribution in [0.25, 0.3) is 16.5 Å². The molecule has 0 radical (unpaired) electrons. The fraction of sp³-hybridized carbons (Fsp3) is 0.455. The van der Waals surface area contributed by atoms with Gasteiger partial charge >= 0.3 is 0 Å². The normalized spacial score (nSPS) is 15.0. The molecule has 0 aliphatic carbocycles. The van der Waals surface area contributed by atoms with Crippen molar-refractivity contribution in [2.45, 2.75) is 19.8 Å². The van der Waals surface area contributed by atoms with Crippen LogP contribution in [-0.2, 0) is 4.74 Å². The van der Waals surface area contributed by atoms with E-state index in [1.54, 1.807) is 35.5 Å². The molecule has 31 heavy (non-hydrogen) atoms. The van der Waals surface area contributed by atoms with E-state index in [0.717, 1.165) is 35.9 Å². The molecule has 1 amide bonds. The van der Waals surface area contributed by atoms with Gasteiger partial charge in [-0.15, -0.1) is 11.3 Å². The van der Waals surface area contributed by atoms with Gasteiger partial charge in [0.25, 0.3) is 11.9 Å². The zero-order chi connectivity index (χ0) is 21.8. The van der Waals surface area contributed by atoms with Gasteiger partial charge in [-0.05, 0) is 23.4 Å². The van der Waals surface area contributed by atoms with E-state index < -0.39 is 0 Å². The lowest BCUT2D eigenvalue weighted by atomic mass is 10.0. The Morgan fingerprint density at radius 3 is 2.71 bits per heavy atom. The van der Waals surface area contributed by atoms with Crippen LogP contribution in [0, 0.1) is 0 Å². The molecule has 0 aromatic carbocycles. The molecule has 0 N–H and O–H groups in total. The van der Waals surface area contributed by atoms with Crippen molar-refractivity contribution in [3.63, 3.8) is 0 Å². The molecule has 1 fully saturated rings. The highest BCUT2D eigenvalue weighted by Crippen LogP contribution is 2.26. The monoisotopic (exact) mass is 440 g/mol. The average molecular weight is 441 g/mol. The van der Waals surface area contributed by atoms with Gasteiger partial charge in [0.05, 0.1) is 34.6 Å². The number of nitrogens with zero attached hydrogens (tertiary/aromatic N) is 6. The first kappa shape index (κ1) is 21.6. The summed E-state index contributed by atoms with van der Waals surface area (Å²) in [7, 11) is 1.71. The molecule has 164 valence electrons. The quantitative estimate of drug-likeness (QED) is 0.562. The number of hydrogen-bond donors (Lipinski definition) is 0. The topological polar surface area (TPSA) is 76.4 Å². The first-order valence-corrected chi connectivity index (χ1v) is 11.4. The number of piperazine rings is 1. The molecular weight excluding hydrogens is 412 g/mol. The molecule has 3 aromatic heterocycles. The van der Waals surface area contributed by atoms with E-state index >= 15 is 0 Å². The molecule has 4 rings (SSSR count). The number of hydrogen-bond acceptors (Lipinski definition) is 7. The zero-order valence-electron chi connectivity index (χ0n) is 18.2. The molecule has 1 aliphatic heterocycles. The van der Waals surface area contributed by atoms with E-state index in [1.165, 1.54) is 0 Å². The van der Waals surface area contributed by atoms with Crippen LogP contribution in [-0.4, -0.2) is 81.9 Å². The van der Waals surface area contributed by atoms with Crippen LogP contribution in [0.15, 0.2) is 36.0 Å². The maximum absolute atomic E-state index is 13.3. The summed E-state index contributed by atoms with van der Waals surface area (Å²) in [5.74, 6) is 0.604. The number of methoxy groups -OCH3 is 1. The smallest absolute Gasteiger partial charge is 0.257 e. The number of rotatable bonds is 7. The summed E-state index contributed by atoms with van der Waals surface area (Å²) in [6.07, 6.45) is 3.40. The van der Waals surface area contributed by atoms with E-state index in [-0.39, 0.29) is 11.8 Å². The summed E-state index contributed by atoms with van der Waals surface area (Å²) < 4.78 is 6.87. The minimum absolute atomic E-state index is 0.0238. The van der Waals surface area contributed by atoms with Gasteiger partial charge < -0.3 is 9.64 Å². The van der Waals surface area contributed by atoms with Crippen LogP contribution in [0.5, 0.6) is 0 Å².